The second-order valence-corrected chi connectivity index (χ2v) is 4.13. The first kappa shape index (κ1) is 12.6. The molecule has 0 heterocycles. The van der Waals surface area contributed by atoms with Crippen LogP contribution in [0.2, 0.25) is 0 Å². The molecule has 2 nitrogen and oxygen atoms in total. The Morgan fingerprint density at radius 1 is 1.17 bits per heavy atom. The van der Waals surface area contributed by atoms with Crippen LogP contribution in [0.3, 0.4) is 0 Å². The summed E-state index contributed by atoms with van der Waals surface area (Å²) in [7, 11) is 0. The Hall–Kier alpha value is -1.87. The molecule has 0 bridgehead atoms. The summed E-state index contributed by atoms with van der Waals surface area (Å²) in [5, 5.41) is 9.46. The van der Waals surface area contributed by atoms with Gasteiger partial charge >= 0.3 is 0 Å². The number of aliphatic hydroxyl groups excluding tert-OH is 1. The number of benzene rings is 2. The average molecular weight is 246 g/mol. The number of halogens is 1. The molecule has 0 saturated carbocycles. The zero-order valence-electron chi connectivity index (χ0n) is 10.1. The summed E-state index contributed by atoms with van der Waals surface area (Å²) in [6, 6.07) is 13.7. The van der Waals surface area contributed by atoms with Gasteiger partial charge in [0.2, 0.25) is 0 Å². The van der Waals surface area contributed by atoms with E-state index >= 15 is 0 Å². The fraction of sp³-hybridized carbons (Fsp3) is 0.200. The smallest absolute Gasteiger partial charge is 0.129 e. The SMILES string of the molecule is CC(O)c1cccc(OCc2ccccc2F)c1. The van der Waals surface area contributed by atoms with Crippen molar-refractivity contribution in [3.63, 3.8) is 0 Å². The summed E-state index contributed by atoms with van der Waals surface area (Å²) in [6.07, 6.45) is -0.540. The Balaban J connectivity index is 2.07. The average Bonchev–Trinajstić information content (AvgIpc) is 2.38. The lowest BCUT2D eigenvalue weighted by Gasteiger charge is -2.10. The normalized spacial score (nSPS) is 12.2. The first-order chi connectivity index (χ1) is 8.66. The molecule has 18 heavy (non-hydrogen) atoms. The first-order valence-electron chi connectivity index (χ1n) is 5.81. The van der Waals surface area contributed by atoms with Gasteiger partial charge in [-0.2, -0.15) is 0 Å². The molecule has 0 aliphatic carbocycles. The van der Waals surface area contributed by atoms with Crippen molar-refractivity contribution in [2.75, 3.05) is 0 Å². The van der Waals surface area contributed by atoms with Crippen molar-refractivity contribution in [2.24, 2.45) is 0 Å². The predicted molar refractivity (Wildman–Crippen MR) is 67.8 cm³/mol. The third-order valence-electron chi connectivity index (χ3n) is 2.69. The number of rotatable bonds is 4. The van der Waals surface area contributed by atoms with E-state index in [9.17, 15) is 9.50 Å². The minimum atomic E-state index is -0.540. The second kappa shape index (κ2) is 5.65. The van der Waals surface area contributed by atoms with Crippen LogP contribution in [-0.4, -0.2) is 5.11 Å². The zero-order valence-corrected chi connectivity index (χ0v) is 10.1. The van der Waals surface area contributed by atoms with Gasteiger partial charge in [0.1, 0.15) is 18.2 Å². The molecule has 0 saturated heterocycles. The van der Waals surface area contributed by atoms with Gasteiger partial charge in [0, 0.05) is 5.56 Å². The van der Waals surface area contributed by atoms with Gasteiger partial charge in [-0.05, 0) is 30.7 Å². The van der Waals surface area contributed by atoms with E-state index in [0.717, 1.165) is 5.56 Å². The van der Waals surface area contributed by atoms with Crippen LogP contribution in [0.15, 0.2) is 48.5 Å². The van der Waals surface area contributed by atoms with Crippen molar-refractivity contribution in [1.29, 1.82) is 0 Å². The van der Waals surface area contributed by atoms with Gasteiger partial charge in [-0.1, -0.05) is 30.3 Å². The van der Waals surface area contributed by atoms with Crippen molar-refractivity contribution < 1.29 is 14.2 Å². The summed E-state index contributed by atoms with van der Waals surface area (Å²) >= 11 is 0. The summed E-state index contributed by atoms with van der Waals surface area (Å²) in [5.41, 5.74) is 1.29. The van der Waals surface area contributed by atoms with Crippen LogP contribution in [0.1, 0.15) is 24.2 Å². The molecular formula is C15H15FO2. The van der Waals surface area contributed by atoms with Crippen LogP contribution in [0.25, 0.3) is 0 Å². The minimum Gasteiger partial charge on any atom is -0.489 e. The van der Waals surface area contributed by atoms with Gasteiger partial charge in [0.25, 0.3) is 0 Å². The van der Waals surface area contributed by atoms with Crippen LogP contribution in [0, 0.1) is 5.82 Å². The lowest BCUT2D eigenvalue weighted by atomic mass is 10.1. The van der Waals surface area contributed by atoms with Gasteiger partial charge in [-0.15, -0.1) is 0 Å². The molecule has 2 rings (SSSR count). The molecule has 0 radical (unpaired) electrons. The topological polar surface area (TPSA) is 29.5 Å². The number of ether oxygens (including phenoxy) is 1. The first-order valence-corrected chi connectivity index (χ1v) is 5.81. The van der Waals surface area contributed by atoms with Gasteiger partial charge in [0.05, 0.1) is 6.10 Å². The maximum atomic E-state index is 13.4. The Labute approximate surface area is 106 Å². The summed E-state index contributed by atoms with van der Waals surface area (Å²) in [5.74, 6) is 0.348. The van der Waals surface area contributed by atoms with E-state index in [1.807, 2.05) is 6.07 Å². The standard InChI is InChI=1S/C15H15FO2/c1-11(17)12-6-4-7-14(9-12)18-10-13-5-2-3-8-15(13)16/h2-9,11,17H,10H2,1H3. The highest BCUT2D eigenvalue weighted by Gasteiger charge is 2.04. The van der Waals surface area contributed by atoms with Crippen molar-refractivity contribution in [2.45, 2.75) is 19.6 Å². The molecule has 3 heteroatoms. The lowest BCUT2D eigenvalue weighted by molar-refractivity contribution is 0.198. The largest absolute Gasteiger partial charge is 0.489 e. The molecule has 1 atom stereocenters. The summed E-state index contributed by atoms with van der Waals surface area (Å²) in [6.45, 7) is 1.87. The minimum absolute atomic E-state index is 0.177. The number of hydrogen-bond donors (Lipinski definition) is 1. The van der Waals surface area contributed by atoms with E-state index in [2.05, 4.69) is 0 Å². The predicted octanol–water partition coefficient (Wildman–Crippen LogP) is 3.46. The molecule has 2 aromatic carbocycles. The monoisotopic (exact) mass is 246 g/mol. The molecule has 1 unspecified atom stereocenters. The quantitative estimate of drug-likeness (QED) is 0.895. The van der Waals surface area contributed by atoms with E-state index in [1.165, 1.54) is 6.07 Å². The van der Waals surface area contributed by atoms with Gasteiger partial charge < -0.3 is 9.84 Å². The highest BCUT2D eigenvalue weighted by atomic mass is 19.1. The Morgan fingerprint density at radius 3 is 2.67 bits per heavy atom. The molecule has 0 aliphatic heterocycles. The number of aliphatic hydroxyl groups is 1. The molecule has 0 amide bonds. The summed E-state index contributed by atoms with van der Waals surface area (Å²) in [4.78, 5) is 0. The van der Waals surface area contributed by atoms with Crippen LogP contribution >= 0.6 is 0 Å². The van der Waals surface area contributed by atoms with Crippen LogP contribution in [-0.2, 0) is 6.61 Å². The Morgan fingerprint density at radius 2 is 1.94 bits per heavy atom. The Kier molecular flexibility index (Phi) is 3.95. The van der Waals surface area contributed by atoms with E-state index in [-0.39, 0.29) is 12.4 Å². The third-order valence-corrected chi connectivity index (χ3v) is 2.69. The fourth-order valence-corrected chi connectivity index (χ4v) is 1.64. The van der Waals surface area contributed by atoms with Gasteiger partial charge in [-0.3, -0.25) is 0 Å². The van der Waals surface area contributed by atoms with Crippen LogP contribution < -0.4 is 4.74 Å². The van der Waals surface area contributed by atoms with E-state index in [1.54, 1.807) is 43.3 Å². The maximum Gasteiger partial charge on any atom is 0.129 e. The molecule has 1 N–H and O–H groups in total. The van der Waals surface area contributed by atoms with Gasteiger partial charge in [0.15, 0.2) is 0 Å². The molecule has 0 fully saturated rings. The molecule has 2 aromatic rings. The fourth-order valence-electron chi connectivity index (χ4n) is 1.64. The van der Waals surface area contributed by atoms with Crippen LogP contribution in [0.4, 0.5) is 4.39 Å². The number of hydrogen-bond acceptors (Lipinski definition) is 2. The highest BCUT2D eigenvalue weighted by molar-refractivity contribution is 5.30. The van der Waals surface area contributed by atoms with Gasteiger partial charge in [-0.25, -0.2) is 4.39 Å². The maximum absolute atomic E-state index is 13.4. The van der Waals surface area contributed by atoms with E-state index in [4.69, 9.17) is 4.74 Å². The third kappa shape index (κ3) is 3.08. The highest BCUT2D eigenvalue weighted by Crippen LogP contribution is 2.20. The molecule has 0 spiro atoms. The van der Waals surface area contributed by atoms with E-state index < -0.39 is 6.10 Å². The zero-order chi connectivity index (χ0) is 13.0. The molecule has 0 aromatic heterocycles. The summed E-state index contributed by atoms with van der Waals surface area (Å²) < 4.78 is 18.9. The molecule has 0 aliphatic rings. The van der Waals surface area contributed by atoms with E-state index in [0.29, 0.717) is 11.3 Å². The van der Waals surface area contributed by atoms with Crippen molar-refractivity contribution in [1.82, 2.24) is 0 Å². The lowest BCUT2D eigenvalue weighted by Crippen LogP contribution is -1.99. The van der Waals surface area contributed by atoms with Crippen LogP contribution in [0.5, 0.6) is 5.75 Å². The molecular weight excluding hydrogens is 231 g/mol. The van der Waals surface area contributed by atoms with Crippen molar-refractivity contribution in [3.05, 3.63) is 65.5 Å². The van der Waals surface area contributed by atoms with Crippen molar-refractivity contribution >= 4 is 0 Å². The Bertz CT molecular complexity index is 523. The molecule has 94 valence electrons. The second-order valence-electron chi connectivity index (χ2n) is 4.13. The van der Waals surface area contributed by atoms with Crippen molar-refractivity contribution in [3.8, 4) is 5.75 Å².